The second-order valence-corrected chi connectivity index (χ2v) is 9.66. The third-order valence-corrected chi connectivity index (χ3v) is 7.38. The van der Waals surface area contributed by atoms with Crippen molar-refractivity contribution in [3.05, 3.63) is 66.0 Å². The Balaban J connectivity index is 0.000000211. The maximum atomic E-state index is 6.01. The first kappa shape index (κ1) is 24.0. The molecule has 178 valence electrons. The maximum absolute atomic E-state index is 6.01. The van der Waals surface area contributed by atoms with Crippen molar-refractivity contribution in [3.8, 4) is 21.8 Å². The van der Waals surface area contributed by atoms with Crippen molar-refractivity contribution in [2.75, 3.05) is 0 Å². The highest BCUT2D eigenvalue weighted by Gasteiger charge is 2.21. The lowest BCUT2D eigenvalue weighted by Crippen LogP contribution is -2.12. The van der Waals surface area contributed by atoms with Crippen molar-refractivity contribution in [2.24, 2.45) is 16.6 Å². The van der Waals surface area contributed by atoms with Gasteiger partial charge in [-0.2, -0.15) is 0 Å². The van der Waals surface area contributed by atoms with Crippen molar-refractivity contribution in [1.82, 2.24) is 14.5 Å². The first-order chi connectivity index (χ1) is 16.6. The highest BCUT2D eigenvalue weighted by Crippen LogP contribution is 2.34. The molecule has 5 nitrogen and oxygen atoms in total. The minimum Gasteiger partial charge on any atom is -0.382 e. The van der Waals surface area contributed by atoms with Gasteiger partial charge < -0.3 is 15.3 Å². The fourth-order valence-corrected chi connectivity index (χ4v) is 5.46. The maximum Gasteiger partial charge on any atom is 0.146 e. The summed E-state index contributed by atoms with van der Waals surface area (Å²) in [4.78, 5) is 13.6. The number of hydrogen-bond donors (Lipinski definition) is 2. The third kappa shape index (κ3) is 4.87. The van der Waals surface area contributed by atoms with Crippen molar-refractivity contribution in [1.29, 1.82) is 0 Å². The molecular weight excluding hydrogens is 438 g/mol. The van der Waals surface area contributed by atoms with Crippen LogP contribution in [0.1, 0.15) is 58.6 Å². The van der Waals surface area contributed by atoms with E-state index in [-0.39, 0.29) is 0 Å². The minimum atomic E-state index is 0.550. The Morgan fingerprint density at radius 1 is 1.15 bits per heavy atom. The molecule has 1 fully saturated rings. The van der Waals surface area contributed by atoms with Gasteiger partial charge in [-0.1, -0.05) is 69.5 Å². The van der Waals surface area contributed by atoms with Crippen LogP contribution in [0.15, 0.2) is 65.3 Å². The molecule has 1 aromatic carbocycles. The van der Waals surface area contributed by atoms with Gasteiger partial charge in [0.25, 0.3) is 0 Å². The molecule has 4 aromatic rings. The van der Waals surface area contributed by atoms with Gasteiger partial charge in [-0.25, -0.2) is 9.98 Å². The van der Waals surface area contributed by atoms with Gasteiger partial charge in [-0.15, -0.1) is 11.3 Å². The summed E-state index contributed by atoms with van der Waals surface area (Å²) < 4.78 is 1.97. The van der Waals surface area contributed by atoms with Gasteiger partial charge in [0.05, 0.1) is 17.5 Å². The quantitative estimate of drug-likeness (QED) is 0.301. The molecular formula is C28H35N5S. The van der Waals surface area contributed by atoms with E-state index < -0.39 is 0 Å². The number of amidine groups is 1. The van der Waals surface area contributed by atoms with Crippen LogP contribution in [0.25, 0.3) is 32.7 Å². The molecule has 0 spiro atoms. The zero-order chi connectivity index (χ0) is 24.1. The molecule has 1 saturated carbocycles. The van der Waals surface area contributed by atoms with Crippen molar-refractivity contribution in [2.45, 2.75) is 59.5 Å². The van der Waals surface area contributed by atoms with Gasteiger partial charge in [0.1, 0.15) is 23.9 Å². The molecule has 0 radical (unpaired) electrons. The number of aromatic nitrogens is 3. The summed E-state index contributed by atoms with van der Waals surface area (Å²) >= 11 is 1.74. The Hall–Kier alpha value is -3.12. The van der Waals surface area contributed by atoms with Crippen molar-refractivity contribution in [3.63, 3.8) is 0 Å². The normalized spacial score (nSPS) is 15.1. The highest BCUT2D eigenvalue weighted by atomic mass is 32.1. The molecule has 6 heteroatoms. The average Bonchev–Trinajstić information content (AvgIpc) is 3.66. The number of para-hydroxylation sites is 1. The molecule has 0 amide bonds. The number of benzene rings is 1. The molecule has 0 saturated heterocycles. The van der Waals surface area contributed by atoms with Crippen LogP contribution in [-0.4, -0.2) is 20.4 Å². The summed E-state index contributed by atoms with van der Waals surface area (Å²) in [7, 11) is 0. The number of imidazole rings is 1. The third-order valence-electron chi connectivity index (χ3n) is 6.47. The summed E-state index contributed by atoms with van der Waals surface area (Å²) in [5, 5.41) is 3.26. The Morgan fingerprint density at radius 2 is 1.94 bits per heavy atom. The van der Waals surface area contributed by atoms with Crippen LogP contribution in [0, 0.1) is 5.92 Å². The molecule has 3 N–H and O–H groups in total. The van der Waals surface area contributed by atoms with Gasteiger partial charge in [-0.3, -0.25) is 0 Å². The summed E-state index contributed by atoms with van der Waals surface area (Å²) in [6.07, 6.45) is 8.89. The lowest BCUT2D eigenvalue weighted by Gasteiger charge is -2.21. The molecule has 3 aromatic heterocycles. The second-order valence-electron chi connectivity index (χ2n) is 8.71. The molecule has 1 aliphatic heterocycles. The Labute approximate surface area is 206 Å². The van der Waals surface area contributed by atoms with E-state index in [0.717, 1.165) is 28.5 Å². The molecule has 0 atom stereocenters. The first-order valence-corrected chi connectivity index (χ1v) is 13.2. The van der Waals surface area contributed by atoms with Crippen molar-refractivity contribution >= 4 is 28.1 Å². The molecule has 34 heavy (non-hydrogen) atoms. The predicted octanol–water partition coefficient (Wildman–Crippen LogP) is 7.61. The monoisotopic (exact) mass is 473 g/mol. The number of nitrogens with one attached hydrogen (secondary N) is 1. The zero-order valence-electron chi connectivity index (χ0n) is 20.5. The summed E-state index contributed by atoms with van der Waals surface area (Å²) in [5.74, 6) is 1.41. The van der Waals surface area contributed by atoms with Crippen molar-refractivity contribution < 1.29 is 0 Å². The number of fused-ring (bicyclic) bond motifs is 2. The molecule has 2 aliphatic rings. The van der Waals surface area contributed by atoms with Gasteiger partial charge in [0.15, 0.2) is 0 Å². The predicted molar refractivity (Wildman–Crippen MR) is 146 cm³/mol. The molecule has 4 heterocycles. The number of H-pyrrole nitrogens is 1. The fourth-order valence-electron chi connectivity index (χ4n) is 4.70. The van der Waals surface area contributed by atoms with Gasteiger partial charge in [-0.05, 0) is 43.2 Å². The number of aromatic amines is 1. The highest BCUT2D eigenvalue weighted by molar-refractivity contribution is 7.13. The van der Waals surface area contributed by atoms with Crippen LogP contribution < -0.4 is 5.73 Å². The summed E-state index contributed by atoms with van der Waals surface area (Å²) in [6.45, 7) is 10.7. The number of nitrogens with zero attached hydrogens (tertiary/aromatic N) is 3. The molecule has 6 rings (SSSR count). The zero-order valence-corrected chi connectivity index (χ0v) is 21.3. The molecule has 0 unspecified atom stereocenters. The first-order valence-electron chi connectivity index (χ1n) is 12.3. The van der Waals surface area contributed by atoms with E-state index >= 15 is 0 Å². The Bertz CT molecular complexity index is 1270. The second kappa shape index (κ2) is 10.9. The fraction of sp³-hybridized carbons (Fsp3) is 0.357. The largest absolute Gasteiger partial charge is 0.382 e. The van der Waals surface area contributed by atoms with E-state index in [1.807, 2.05) is 18.4 Å². The Kier molecular flexibility index (Phi) is 7.68. The van der Waals surface area contributed by atoms with Crippen LogP contribution in [-0.2, 0) is 6.67 Å². The summed E-state index contributed by atoms with van der Waals surface area (Å²) in [6, 6.07) is 12.7. The lowest BCUT2D eigenvalue weighted by molar-refractivity contribution is 0.404. The molecule has 1 aliphatic carbocycles. The number of aliphatic imine (C=N–C) groups is 1. The standard InChI is InChI=1S/C17H13N5S.C9H16.C2H6/c18-17-16-15(19-8-22(16)9-20-17)12-7-10-3-1-4-11(14(10)21-12)13-5-2-6-23-13;1-8(2)9-6-4-3-5-7-9;1-2/h1-8,21H,9H2,(H2,18,20);9H,1,3-7H2,2H3;1-2H3. The van der Waals surface area contributed by atoms with E-state index in [1.165, 1.54) is 53.5 Å². The minimum absolute atomic E-state index is 0.550. The number of rotatable bonds is 3. The van der Waals surface area contributed by atoms with Crippen LogP contribution in [0.2, 0.25) is 0 Å². The van der Waals surface area contributed by atoms with Gasteiger partial charge >= 0.3 is 0 Å². The number of allylic oxidation sites excluding steroid dienone is 1. The van der Waals surface area contributed by atoms with Crippen LogP contribution in [0.4, 0.5) is 0 Å². The van der Waals surface area contributed by atoms with E-state index in [9.17, 15) is 0 Å². The van der Waals surface area contributed by atoms with E-state index in [2.05, 4.69) is 70.2 Å². The summed E-state index contributed by atoms with van der Waals surface area (Å²) in [5.41, 5.74) is 12.5. The SMILES string of the molecule is C=C(C)C1CCCCC1.CC.NC1=NCn2cnc(-c3cc4cccc(-c5cccs5)c4[nH]3)c21. The average molecular weight is 474 g/mol. The van der Waals surface area contributed by atoms with E-state index in [4.69, 9.17) is 5.73 Å². The van der Waals surface area contributed by atoms with E-state index in [1.54, 1.807) is 17.7 Å². The Morgan fingerprint density at radius 3 is 2.62 bits per heavy atom. The number of thiophene rings is 1. The number of nitrogens with two attached hydrogens (primary N) is 1. The van der Waals surface area contributed by atoms with Crippen LogP contribution in [0.3, 0.4) is 0 Å². The van der Waals surface area contributed by atoms with Gasteiger partial charge in [0.2, 0.25) is 0 Å². The van der Waals surface area contributed by atoms with Gasteiger partial charge in [0, 0.05) is 15.8 Å². The van der Waals surface area contributed by atoms with Crippen LogP contribution in [0.5, 0.6) is 0 Å². The van der Waals surface area contributed by atoms with E-state index in [0.29, 0.717) is 12.5 Å². The topological polar surface area (TPSA) is 72.0 Å². The van der Waals surface area contributed by atoms with Crippen LogP contribution >= 0.6 is 11.3 Å². The lowest BCUT2D eigenvalue weighted by atomic mass is 9.85. The molecule has 0 bridgehead atoms. The smallest absolute Gasteiger partial charge is 0.146 e. The number of hydrogen-bond acceptors (Lipinski definition) is 4.